The van der Waals surface area contributed by atoms with Crippen LogP contribution in [-0.4, -0.2) is 16.1 Å². The van der Waals surface area contributed by atoms with Crippen molar-refractivity contribution >= 4 is 23.4 Å². The minimum absolute atomic E-state index is 0.0475. The third-order valence-electron chi connectivity index (χ3n) is 3.17. The van der Waals surface area contributed by atoms with Gasteiger partial charge >= 0.3 is 5.97 Å². The lowest BCUT2D eigenvalue weighted by atomic mass is 10.1. The number of carbonyl (C=O) groups excluding carboxylic acids is 1. The van der Waals surface area contributed by atoms with Crippen LogP contribution < -0.4 is 0 Å². The van der Waals surface area contributed by atoms with E-state index in [2.05, 4.69) is 10.1 Å². The van der Waals surface area contributed by atoms with Crippen molar-refractivity contribution < 1.29 is 14.1 Å². The highest BCUT2D eigenvalue weighted by molar-refractivity contribution is 7.08. The van der Waals surface area contributed by atoms with Gasteiger partial charge in [-0.1, -0.05) is 29.4 Å². The molecule has 0 spiro atoms. The SMILES string of the molecule is Cc1ccccc1/C=C/C(=O)OCc1nc(-c2ccsc2)no1. The van der Waals surface area contributed by atoms with Crippen molar-refractivity contribution in [1.82, 2.24) is 10.1 Å². The van der Waals surface area contributed by atoms with E-state index in [0.717, 1.165) is 16.7 Å². The average molecular weight is 326 g/mol. The molecule has 0 fully saturated rings. The number of rotatable bonds is 5. The fraction of sp³-hybridized carbons (Fsp3) is 0.118. The molecule has 0 radical (unpaired) electrons. The predicted octanol–water partition coefficient (Wildman–Crippen LogP) is 3.86. The van der Waals surface area contributed by atoms with Gasteiger partial charge in [-0.3, -0.25) is 0 Å². The molecule has 0 aliphatic heterocycles. The monoisotopic (exact) mass is 326 g/mol. The zero-order valence-electron chi connectivity index (χ0n) is 12.4. The predicted molar refractivity (Wildman–Crippen MR) is 87.6 cm³/mol. The maximum Gasteiger partial charge on any atom is 0.331 e. The molecular formula is C17H14N2O3S. The Balaban J connectivity index is 1.56. The van der Waals surface area contributed by atoms with Gasteiger partial charge in [-0.05, 0) is 35.6 Å². The van der Waals surface area contributed by atoms with Crippen LogP contribution in [0.2, 0.25) is 0 Å². The van der Waals surface area contributed by atoms with Crippen molar-refractivity contribution in [3.8, 4) is 11.4 Å². The fourth-order valence-electron chi connectivity index (χ4n) is 1.94. The molecule has 0 saturated heterocycles. The summed E-state index contributed by atoms with van der Waals surface area (Å²) >= 11 is 1.55. The summed E-state index contributed by atoms with van der Waals surface area (Å²) in [6.07, 6.45) is 3.11. The Morgan fingerprint density at radius 3 is 3.00 bits per heavy atom. The van der Waals surface area contributed by atoms with Crippen LogP contribution in [0, 0.1) is 6.92 Å². The maximum atomic E-state index is 11.7. The molecule has 3 rings (SSSR count). The summed E-state index contributed by atoms with van der Waals surface area (Å²) in [5.41, 5.74) is 2.95. The molecule has 1 aromatic carbocycles. The number of nitrogens with zero attached hydrogens (tertiary/aromatic N) is 2. The van der Waals surface area contributed by atoms with Gasteiger partial charge in [-0.15, -0.1) is 0 Å². The Kier molecular flexibility index (Phi) is 4.63. The van der Waals surface area contributed by atoms with Crippen LogP contribution in [0.4, 0.5) is 0 Å². The van der Waals surface area contributed by atoms with E-state index < -0.39 is 5.97 Å². The summed E-state index contributed by atoms with van der Waals surface area (Å²) in [7, 11) is 0. The Bertz CT molecular complexity index is 822. The first-order valence-corrected chi connectivity index (χ1v) is 7.92. The zero-order valence-corrected chi connectivity index (χ0v) is 13.2. The van der Waals surface area contributed by atoms with Crippen molar-refractivity contribution in [2.24, 2.45) is 0 Å². The number of carbonyl (C=O) groups is 1. The third-order valence-corrected chi connectivity index (χ3v) is 3.86. The van der Waals surface area contributed by atoms with E-state index in [1.807, 2.05) is 48.0 Å². The molecule has 0 aliphatic rings. The lowest BCUT2D eigenvalue weighted by Crippen LogP contribution is -2.01. The van der Waals surface area contributed by atoms with Crippen LogP contribution in [0.15, 0.2) is 51.7 Å². The second-order valence-corrected chi connectivity index (χ2v) is 5.60. The average Bonchev–Trinajstić information content (AvgIpc) is 3.23. The van der Waals surface area contributed by atoms with Crippen LogP contribution >= 0.6 is 11.3 Å². The van der Waals surface area contributed by atoms with Crippen LogP contribution in [-0.2, 0) is 16.1 Å². The Morgan fingerprint density at radius 1 is 1.35 bits per heavy atom. The molecule has 2 heterocycles. The van der Waals surface area contributed by atoms with Crippen molar-refractivity contribution in [1.29, 1.82) is 0 Å². The van der Waals surface area contributed by atoms with Gasteiger partial charge < -0.3 is 9.26 Å². The van der Waals surface area contributed by atoms with Gasteiger partial charge in [0.05, 0.1) is 0 Å². The van der Waals surface area contributed by atoms with E-state index in [9.17, 15) is 4.79 Å². The molecule has 0 unspecified atom stereocenters. The van der Waals surface area contributed by atoms with E-state index >= 15 is 0 Å². The number of thiophene rings is 1. The molecule has 5 nitrogen and oxygen atoms in total. The molecule has 0 atom stereocenters. The number of aryl methyl sites for hydroxylation is 1. The normalized spacial score (nSPS) is 11.0. The van der Waals surface area contributed by atoms with E-state index in [-0.39, 0.29) is 12.5 Å². The van der Waals surface area contributed by atoms with E-state index in [1.54, 1.807) is 17.4 Å². The van der Waals surface area contributed by atoms with Gasteiger partial charge in [0.1, 0.15) is 0 Å². The molecular weight excluding hydrogens is 312 g/mol. The number of benzene rings is 1. The van der Waals surface area contributed by atoms with Crippen LogP contribution in [0.3, 0.4) is 0 Å². The van der Waals surface area contributed by atoms with Crippen molar-refractivity contribution in [2.45, 2.75) is 13.5 Å². The number of ether oxygens (including phenoxy) is 1. The summed E-state index contributed by atoms with van der Waals surface area (Å²) in [5, 5.41) is 7.71. The summed E-state index contributed by atoms with van der Waals surface area (Å²) in [5.74, 6) is 0.306. The molecule has 0 aliphatic carbocycles. The van der Waals surface area contributed by atoms with Crippen molar-refractivity contribution in [3.63, 3.8) is 0 Å². The number of esters is 1. The van der Waals surface area contributed by atoms with Gasteiger partial charge in [-0.25, -0.2) is 4.79 Å². The van der Waals surface area contributed by atoms with Gasteiger partial charge in [0.25, 0.3) is 5.89 Å². The largest absolute Gasteiger partial charge is 0.452 e. The van der Waals surface area contributed by atoms with E-state index in [0.29, 0.717) is 5.82 Å². The second-order valence-electron chi connectivity index (χ2n) is 4.82. The highest BCUT2D eigenvalue weighted by Gasteiger charge is 2.10. The molecule has 6 heteroatoms. The highest BCUT2D eigenvalue weighted by Crippen LogP contribution is 2.18. The molecule has 0 bridgehead atoms. The van der Waals surface area contributed by atoms with Crippen LogP contribution in [0.25, 0.3) is 17.5 Å². The molecule has 0 N–H and O–H groups in total. The zero-order chi connectivity index (χ0) is 16.1. The topological polar surface area (TPSA) is 65.2 Å². The standard InChI is InChI=1S/C17H14N2O3S/c1-12-4-2-3-5-13(12)6-7-16(20)21-10-15-18-17(19-22-15)14-8-9-23-11-14/h2-9,11H,10H2,1H3/b7-6+. The van der Waals surface area contributed by atoms with Crippen molar-refractivity contribution in [3.05, 3.63) is 64.2 Å². The molecule has 23 heavy (non-hydrogen) atoms. The van der Waals surface area contributed by atoms with Crippen LogP contribution in [0.5, 0.6) is 0 Å². The van der Waals surface area contributed by atoms with Gasteiger partial charge in [0.15, 0.2) is 6.61 Å². The molecule has 0 amide bonds. The Morgan fingerprint density at radius 2 is 2.22 bits per heavy atom. The van der Waals surface area contributed by atoms with Gasteiger partial charge in [0, 0.05) is 17.0 Å². The van der Waals surface area contributed by atoms with Crippen molar-refractivity contribution in [2.75, 3.05) is 0 Å². The smallest absolute Gasteiger partial charge is 0.331 e. The second kappa shape index (κ2) is 7.02. The first-order valence-electron chi connectivity index (χ1n) is 6.98. The summed E-state index contributed by atoms with van der Waals surface area (Å²) in [4.78, 5) is 15.9. The van der Waals surface area contributed by atoms with Gasteiger partial charge in [-0.2, -0.15) is 16.3 Å². The molecule has 3 aromatic rings. The summed E-state index contributed by atoms with van der Waals surface area (Å²) < 4.78 is 10.2. The quantitative estimate of drug-likeness (QED) is 0.526. The number of aromatic nitrogens is 2. The van der Waals surface area contributed by atoms with Crippen LogP contribution in [0.1, 0.15) is 17.0 Å². The first-order chi connectivity index (χ1) is 11.2. The first kappa shape index (κ1) is 15.2. The summed E-state index contributed by atoms with van der Waals surface area (Å²) in [6.45, 7) is 1.93. The maximum absolute atomic E-state index is 11.7. The highest BCUT2D eigenvalue weighted by atomic mass is 32.1. The minimum atomic E-state index is -0.455. The molecule has 2 aromatic heterocycles. The fourth-order valence-corrected chi connectivity index (χ4v) is 2.57. The van der Waals surface area contributed by atoms with E-state index in [1.165, 1.54) is 6.08 Å². The Labute approximate surface area is 137 Å². The molecule has 116 valence electrons. The molecule has 0 saturated carbocycles. The lowest BCUT2D eigenvalue weighted by molar-refractivity contribution is -0.139. The number of hydrogen-bond acceptors (Lipinski definition) is 6. The Hall–Kier alpha value is -2.73. The number of hydrogen-bond donors (Lipinski definition) is 0. The minimum Gasteiger partial charge on any atom is -0.452 e. The third kappa shape index (κ3) is 3.92. The van der Waals surface area contributed by atoms with Gasteiger partial charge in [0.2, 0.25) is 5.82 Å². The summed E-state index contributed by atoms with van der Waals surface area (Å²) in [6, 6.07) is 9.68. The van der Waals surface area contributed by atoms with E-state index in [4.69, 9.17) is 9.26 Å². The lowest BCUT2D eigenvalue weighted by Gasteiger charge is -1.99.